The highest BCUT2D eigenvalue weighted by Gasteiger charge is 2.26. The van der Waals surface area contributed by atoms with Gasteiger partial charge in [0.1, 0.15) is 23.1 Å². The summed E-state index contributed by atoms with van der Waals surface area (Å²) in [5, 5.41) is 12.2. The minimum atomic E-state index is -0.570. The molecule has 1 fully saturated rings. The van der Waals surface area contributed by atoms with Crippen LogP contribution in [0.15, 0.2) is 34.8 Å². The number of hydrogen-bond acceptors (Lipinski definition) is 7. The van der Waals surface area contributed by atoms with Crippen LogP contribution in [0.3, 0.4) is 0 Å². The summed E-state index contributed by atoms with van der Waals surface area (Å²) in [5.74, 6) is -0.754. The first-order valence-corrected chi connectivity index (χ1v) is 10.4. The molecule has 3 N–H and O–H groups in total. The second-order valence-corrected chi connectivity index (χ2v) is 7.52. The normalized spacial score (nSPS) is 14.9. The first kappa shape index (κ1) is 23.0. The van der Waals surface area contributed by atoms with Gasteiger partial charge in [-0.1, -0.05) is 6.07 Å². The summed E-state index contributed by atoms with van der Waals surface area (Å²) in [7, 11) is 1.57. The minimum Gasteiger partial charge on any atom is -0.385 e. The number of nitrogens with two attached hydrogens (primary N) is 1. The van der Waals surface area contributed by atoms with E-state index >= 15 is 0 Å². The van der Waals surface area contributed by atoms with Crippen LogP contribution in [0.1, 0.15) is 24.8 Å². The lowest BCUT2D eigenvalue weighted by molar-refractivity contribution is -0.122. The Balaban J connectivity index is 2.00. The molecule has 2 aromatic rings. The maximum Gasteiger partial charge on any atom is 0.267 e. The second kappa shape index (κ2) is 10.5. The number of nitriles is 1. The molecule has 32 heavy (non-hydrogen) atoms. The number of hydrogen-bond donors (Lipinski definition) is 2. The molecule has 0 saturated carbocycles. The number of anilines is 1. The van der Waals surface area contributed by atoms with Crippen molar-refractivity contribution < 1.29 is 14.3 Å². The van der Waals surface area contributed by atoms with Crippen LogP contribution in [0.25, 0.3) is 11.7 Å². The van der Waals surface area contributed by atoms with E-state index in [0.717, 1.165) is 0 Å². The standard InChI is InChI=1S/C22H26N6O4/c1-32-12-4-8-25-21(30)16(14-23)13-17-20(27-10-6-15(7-11-27)19(24)29)26-18-5-2-3-9-28(18)22(17)31/h2-3,5,9,13,15H,4,6-8,10-12H2,1H3,(H2,24,29)(H,25,30)/b16-13+. The molecule has 0 unspecified atom stereocenters. The topological polar surface area (TPSA) is 143 Å². The molecule has 0 aromatic carbocycles. The van der Waals surface area contributed by atoms with Crippen molar-refractivity contribution in [1.29, 1.82) is 5.26 Å². The molecule has 1 aliphatic rings. The number of carbonyl (C=O) groups excluding carboxylic acids is 2. The molecule has 2 amide bonds. The van der Waals surface area contributed by atoms with Gasteiger partial charge >= 0.3 is 0 Å². The Labute approximate surface area is 185 Å². The van der Waals surface area contributed by atoms with Crippen molar-refractivity contribution >= 4 is 29.4 Å². The largest absolute Gasteiger partial charge is 0.385 e. The number of amides is 2. The highest BCUT2D eigenvalue weighted by Crippen LogP contribution is 2.25. The number of nitrogens with zero attached hydrogens (tertiary/aromatic N) is 4. The Morgan fingerprint density at radius 2 is 2.12 bits per heavy atom. The van der Waals surface area contributed by atoms with E-state index in [9.17, 15) is 19.6 Å². The number of methoxy groups -OCH3 is 1. The molecule has 10 heteroatoms. The number of primary amides is 1. The Morgan fingerprint density at radius 3 is 2.78 bits per heavy atom. The van der Waals surface area contributed by atoms with Gasteiger partial charge in [-0.2, -0.15) is 5.26 Å². The summed E-state index contributed by atoms with van der Waals surface area (Å²) in [6.45, 7) is 1.78. The van der Waals surface area contributed by atoms with Crippen LogP contribution in [-0.4, -0.2) is 54.5 Å². The van der Waals surface area contributed by atoms with Crippen LogP contribution in [-0.2, 0) is 14.3 Å². The number of rotatable bonds is 8. The van der Waals surface area contributed by atoms with Crippen molar-refractivity contribution in [2.24, 2.45) is 11.7 Å². The van der Waals surface area contributed by atoms with E-state index in [1.807, 2.05) is 11.0 Å². The van der Waals surface area contributed by atoms with E-state index in [-0.39, 0.29) is 28.5 Å². The maximum absolute atomic E-state index is 13.3. The Kier molecular flexibility index (Phi) is 7.57. The van der Waals surface area contributed by atoms with Crippen LogP contribution in [0, 0.1) is 17.2 Å². The fourth-order valence-corrected chi connectivity index (χ4v) is 3.64. The lowest BCUT2D eigenvalue weighted by Gasteiger charge is -2.32. The summed E-state index contributed by atoms with van der Waals surface area (Å²) >= 11 is 0. The zero-order valence-electron chi connectivity index (χ0n) is 17.9. The molecule has 0 aliphatic carbocycles. The highest BCUT2D eigenvalue weighted by molar-refractivity contribution is 6.02. The smallest absolute Gasteiger partial charge is 0.267 e. The van der Waals surface area contributed by atoms with Crippen molar-refractivity contribution in [3.63, 3.8) is 0 Å². The van der Waals surface area contributed by atoms with Crippen LogP contribution < -0.4 is 21.5 Å². The number of carbonyl (C=O) groups is 2. The van der Waals surface area contributed by atoms with Gasteiger partial charge in [-0.25, -0.2) is 4.98 Å². The highest BCUT2D eigenvalue weighted by atomic mass is 16.5. The van der Waals surface area contributed by atoms with E-state index in [0.29, 0.717) is 57.0 Å². The average Bonchev–Trinajstić information content (AvgIpc) is 2.81. The third kappa shape index (κ3) is 5.12. The molecule has 3 rings (SSSR count). The molecule has 2 aromatic heterocycles. The number of pyridine rings is 1. The van der Waals surface area contributed by atoms with E-state index in [1.54, 1.807) is 31.5 Å². The Morgan fingerprint density at radius 1 is 1.38 bits per heavy atom. The van der Waals surface area contributed by atoms with Crippen LogP contribution in [0.2, 0.25) is 0 Å². The van der Waals surface area contributed by atoms with Gasteiger partial charge in [-0.05, 0) is 37.5 Å². The Hall–Kier alpha value is -3.71. The van der Waals surface area contributed by atoms with Crippen molar-refractivity contribution in [2.75, 3.05) is 38.3 Å². The summed E-state index contributed by atoms with van der Waals surface area (Å²) in [6, 6.07) is 7.07. The van der Waals surface area contributed by atoms with Gasteiger partial charge in [0.25, 0.3) is 11.5 Å². The van der Waals surface area contributed by atoms with Gasteiger partial charge in [0.15, 0.2) is 0 Å². The molecule has 3 heterocycles. The molecular weight excluding hydrogens is 412 g/mol. The predicted octanol–water partition coefficient (Wildman–Crippen LogP) is 0.456. The zero-order valence-corrected chi connectivity index (χ0v) is 17.9. The van der Waals surface area contributed by atoms with Gasteiger partial charge in [0.05, 0.1) is 5.56 Å². The fourth-order valence-electron chi connectivity index (χ4n) is 3.64. The summed E-state index contributed by atoms with van der Waals surface area (Å²) < 4.78 is 6.32. The van der Waals surface area contributed by atoms with E-state index in [2.05, 4.69) is 10.3 Å². The number of piperidine rings is 1. The Bertz CT molecular complexity index is 1130. The lowest BCUT2D eigenvalue weighted by Crippen LogP contribution is -2.40. The second-order valence-electron chi connectivity index (χ2n) is 7.52. The van der Waals surface area contributed by atoms with Crippen LogP contribution in [0.5, 0.6) is 0 Å². The molecule has 0 radical (unpaired) electrons. The number of fused-ring (bicyclic) bond motifs is 1. The van der Waals surface area contributed by atoms with Gasteiger partial charge in [-0.3, -0.25) is 18.8 Å². The monoisotopic (exact) mass is 438 g/mol. The molecule has 10 nitrogen and oxygen atoms in total. The molecule has 0 spiro atoms. The first-order chi connectivity index (χ1) is 15.5. The van der Waals surface area contributed by atoms with Crippen LogP contribution >= 0.6 is 0 Å². The molecule has 1 aliphatic heterocycles. The van der Waals surface area contributed by atoms with Crippen molar-refractivity contribution in [3.8, 4) is 6.07 Å². The van der Waals surface area contributed by atoms with Gasteiger partial charge in [0.2, 0.25) is 5.91 Å². The summed E-state index contributed by atoms with van der Waals surface area (Å²) in [4.78, 5) is 43.8. The third-order valence-corrected chi connectivity index (χ3v) is 5.41. The third-order valence-electron chi connectivity index (χ3n) is 5.41. The summed E-state index contributed by atoms with van der Waals surface area (Å²) in [5.41, 5.74) is 5.45. The van der Waals surface area contributed by atoms with Crippen molar-refractivity contribution in [1.82, 2.24) is 14.7 Å². The quantitative estimate of drug-likeness (QED) is 0.346. The minimum absolute atomic E-state index is 0.148. The van der Waals surface area contributed by atoms with Crippen LogP contribution in [0.4, 0.5) is 5.82 Å². The maximum atomic E-state index is 13.3. The van der Waals surface area contributed by atoms with Crippen molar-refractivity contribution in [2.45, 2.75) is 19.3 Å². The van der Waals surface area contributed by atoms with E-state index in [4.69, 9.17) is 10.5 Å². The number of nitrogens with one attached hydrogen (secondary N) is 1. The first-order valence-electron chi connectivity index (χ1n) is 10.4. The summed E-state index contributed by atoms with van der Waals surface area (Å²) in [6.07, 6.45) is 4.55. The average molecular weight is 438 g/mol. The molecule has 0 bridgehead atoms. The molecular formula is C22H26N6O4. The molecule has 1 saturated heterocycles. The number of aromatic nitrogens is 2. The molecule has 0 atom stereocenters. The SMILES string of the molecule is COCCCNC(=O)/C(C#N)=C/c1c(N2CCC(C(N)=O)CC2)nc2ccccn2c1=O. The van der Waals surface area contributed by atoms with Crippen molar-refractivity contribution in [3.05, 3.63) is 45.9 Å². The lowest BCUT2D eigenvalue weighted by atomic mass is 9.96. The van der Waals surface area contributed by atoms with Gasteiger partial charge in [-0.15, -0.1) is 0 Å². The zero-order chi connectivity index (χ0) is 23.1. The molecule has 168 valence electrons. The van der Waals surface area contributed by atoms with E-state index in [1.165, 1.54) is 10.5 Å². The predicted molar refractivity (Wildman–Crippen MR) is 119 cm³/mol. The van der Waals surface area contributed by atoms with Gasteiger partial charge in [0, 0.05) is 45.5 Å². The van der Waals surface area contributed by atoms with Gasteiger partial charge < -0.3 is 20.7 Å². The number of ether oxygens (including phenoxy) is 1. The van der Waals surface area contributed by atoms with E-state index < -0.39 is 5.91 Å². The fraction of sp³-hybridized carbons (Fsp3) is 0.409.